The van der Waals surface area contributed by atoms with Crippen LogP contribution in [0.25, 0.3) is 0 Å². The second kappa shape index (κ2) is 6.75. The number of nitrogens with one attached hydrogen (secondary N) is 1. The third-order valence-electron chi connectivity index (χ3n) is 2.98. The van der Waals surface area contributed by atoms with Crippen LogP contribution in [0.15, 0.2) is 18.2 Å². The van der Waals surface area contributed by atoms with Crippen LogP contribution in [-0.2, 0) is 4.79 Å². The van der Waals surface area contributed by atoms with Crippen molar-refractivity contribution < 1.29 is 22.4 Å². The molecule has 0 heterocycles. The molecule has 4 nitrogen and oxygen atoms in total. The molecule has 8 heteroatoms. The van der Waals surface area contributed by atoms with E-state index in [1.54, 1.807) is 0 Å². The Bertz CT molecular complexity index is 505. The Balaban J connectivity index is 2.74. The van der Waals surface area contributed by atoms with E-state index in [1.807, 2.05) is 0 Å². The first kappa shape index (κ1) is 17.2. The molecule has 0 saturated carbocycles. The van der Waals surface area contributed by atoms with Gasteiger partial charge < -0.3 is 11.1 Å². The number of hydrogen-bond donors (Lipinski definition) is 2. The van der Waals surface area contributed by atoms with Crippen LogP contribution in [0.3, 0.4) is 0 Å². The average Bonchev–Trinajstić information content (AvgIpc) is 2.38. The van der Waals surface area contributed by atoms with Gasteiger partial charge in [-0.25, -0.2) is 4.39 Å². The Kier molecular flexibility index (Phi) is 5.54. The molecule has 1 aromatic rings. The maximum absolute atomic E-state index is 13.0. The summed E-state index contributed by atoms with van der Waals surface area (Å²) in [6.07, 6.45) is -4.38. The predicted octanol–water partition coefficient (Wildman–Crippen LogP) is 2.62. The van der Waals surface area contributed by atoms with Gasteiger partial charge in [-0.05, 0) is 31.7 Å². The molecule has 3 N–H and O–H groups in total. The maximum Gasteiger partial charge on any atom is 0.401 e. The second-order valence-corrected chi connectivity index (χ2v) is 4.58. The topological polar surface area (TPSA) is 58.4 Å². The first-order valence-electron chi connectivity index (χ1n) is 6.30. The summed E-state index contributed by atoms with van der Waals surface area (Å²) in [5.74, 6) is -1.25. The van der Waals surface area contributed by atoms with E-state index in [1.165, 1.54) is 26.0 Å². The van der Waals surface area contributed by atoms with Gasteiger partial charge >= 0.3 is 6.18 Å². The van der Waals surface area contributed by atoms with Gasteiger partial charge in [-0.15, -0.1) is 0 Å². The monoisotopic (exact) mass is 307 g/mol. The number of carbonyl (C=O) groups is 1. The second-order valence-electron chi connectivity index (χ2n) is 4.58. The Hall–Kier alpha value is -1.83. The minimum atomic E-state index is -4.38. The highest BCUT2D eigenvalue weighted by atomic mass is 19.4. The van der Waals surface area contributed by atoms with Crippen molar-refractivity contribution in [2.45, 2.75) is 26.1 Å². The van der Waals surface area contributed by atoms with Crippen molar-refractivity contribution in [1.82, 2.24) is 4.90 Å². The zero-order chi connectivity index (χ0) is 16.2. The van der Waals surface area contributed by atoms with E-state index in [0.29, 0.717) is 0 Å². The number of hydrogen-bond acceptors (Lipinski definition) is 3. The third kappa shape index (κ3) is 5.22. The van der Waals surface area contributed by atoms with Crippen LogP contribution in [-0.4, -0.2) is 36.1 Å². The molecule has 0 radical (unpaired) electrons. The van der Waals surface area contributed by atoms with Crippen molar-refractivity contribution in [2.75, 3.05) is 24.1 Å². The Morgan fingerprint density at radius 2 is 2.05 bits per heavy atom. The van der Waals surface area contributed by atoms with Gasteiger partial charge in [-0.2, -0.15) is 13.2 Å². The van der Waals surface area contributed by atoms with Gasteiger partial charge in [0.25, 0.3) is 0 Å². The molecule has 1 amide bonds. The Morgan fingerprint density at radius 1 is 1.43 bits per heavy atom. The van der Waals surface area contributed by atoms with E-state index in [4.69, 9.17) is 5.73 Å². The van der Waals surface area contributed by atoms with Gasteiger partial charge in [0.15, 0.2) is 0 Å². The molecule has 21 heavy (non-hydrogen) atoms. The number of halogens is 4. The summed E-state index contributed by atoms with van der Waals surface area (Å²) < 4.78 is 50.2. The molecule has 1 atom stereocenters. The molecule has 0 saturated heterocycles. The number of amides is 1. The normalized spacial score (nSPS) is 13.3. The standard InChI is InChI=1S/C13H17F4N3O/c1-3-20(7-13(15,16)17)8(2)12(21)19-9-4-5-10(14)11(18)6-9/h4-6,8H,3,7,18H2,1-2H3,(H,19,21). The fraction of sp³-hybridized carbons (Fsp3) is 0.462. The lowest BCUT2D eigenvalue weighted by atomic mass is 10.2. The SMILES string of the molecule is CCN(CC(F)(F)F)C(C)C(=O)Nc1ccc(F)c(N)c1. The van der Waals surface area contributed by atoms with E-state index in [-0.39, 0.29) is 17.9 Å². The van der Waals surface area contributed by atoms with Crippen LogP contribution in [0.1, 0.15) is 13.8 Å². The van der Waals surface area contributed by atoms with E-state index in [2.05, 4.69) is 5.32 Å². The molecule has 1 unspecified atom stereocenters. The number of carbonyl (C=O) groups excluding carboxylic acids is 1. The third-order valence-corrected chi connectivity index (χ3v) is 2.98. The molecular formula is C13H17F4N3O. The predicted molar refractivity (Wildman–Crippen MR) is 72.2 cm³/mol. The highest BCUT2D eigenvalue weighted by molar-refractivity contribution is 5.94. The van der Waals surface area contributed by atoms with Crippen LogP contribution in [0.5, 0.6) is 0 Å². The minimum Gasteiger partial charge on any atom is -0.396 e. The van der Waals surface area contributed by atoms with Gasteiger partial charge in [0.1, 0.15) is 5.82 Å². The lowest BCUT2D eigenvalue weighted by Gasteiger charge is -2.27. The highest BCUT2D eigenvalue weighted by Gasteiger charge is 2.33. The number of nitrogen functional groups attached to an aromatic ring is 1. The van der Waals surface area contributed by atoms with Crippen molar-refractivity contribution in [3.8, 4) is 0 Å². The smallest absolute Gasteiger partial charge is 0.396 e. The molecule has 0 aromatic heterocycles. The summed E-state index contributed by atoms with van der Waals surface area (Å²) >= 11 is 0. The minimum absolute atomic E-state index is 0.0691. The van der Waals surface area contributed by atoms with Crippen molar-refractivity contribution in [1.29, 1.82) is 0 Å². The number of nitrogens with two attached hydrogens (primary N) is 1. The highest BCUT2D eigenvalue weighted by Crippen LogP contribution is 2.20. The van der Waals surface area contributed by atoms with Gasteiger partial charge in [-0.3, -0.25) is 9.69 Å². The summed E-state index contributed by atoms with van der Waals surface area (Å²) in [6, 6.07) is 2.59. The summed E-state index contributed by atoms with van der Waals surface area (Å²) in [5, 5.41) is 2.42. The Labute approximate surface area is 119 Å². The van der Waals surface area contributed by atoms with Crippen LogP contribution in [0.4, 0.5) is 28.9 Å². The van der Waals surface area contributed by atoms with Crippen molar-refractivity contribution in [3.63, 3.8) is 0 Å². The van der Waals surface area contributed by atoms with Crippen molar-refractivity contribution >= 4 is 17.3 Å². The van der Waals surface area contributed by atoms with E-state index >= 15 is 0 Å². The molecule has 0 bridgehead atoms. The molecule has 1 aromatic carbocycles. The maximum atomic E-state index is 13.0. The molecule has 0 aliphatic heterocycles. The lowest BCUT2D eigenvalue weighted by Crippen LogP contribution is -2.46. The van der Waals surface area contributed by atoms with Gasteiger partial charge in [0.05, 0.1) is 18.3 Å². The lowest BCUT2D eigenvalue weighted by molar-refractivity contribution is -0.152. The van der Waals surface area contributed by atoms with Crippen LogP contribution < -0.4 is 11.1 Å². The number of rotatable bonds is 5. The first-order chi connectivity index (χ1) is 9.64. The van der Waals surface area contributed by atoms with E-state index < -0.39 is 30.5 Å². The van der Waals surface area contributed by atoms with Gasteiger partial charge in [0, 0.05) is 5.69 Å². The van der Waals surface area contributed by atoms with Crippen LogP contribution in [0, 0.1) is 5.82 Å². The zero-order valence-corrected chi connectivity index (χ0v) is 11.7. The first-order valence-corrected chi connectivity index (χ1v) is 6.30. The summed E-state index contributed by atoms with van der Waals surface area (Å²) in [5.41, 5.74) is 5.44. The molecule has 118 valence electrons. The fourth-order valence-electron chi connectivity index (χ4n) is 1.79. The number of benzene rings is 1. The number of anilines is 2. The largest absolute Gasteiger partial charge is 0.401 e. The molecule has 0 fully saturated rings. The molecule has 0 spiro atoms. The van der Waals surface area contributed by atoms with Gasteiger partial charge in [0.2, 0.25) is 5.91 Å². The zero-order valence-electron chi connectivity index (χ0n) is 11.7. The summed E-state index contributed by atoms with van der Waals surface area (Å²) in [6.45, 7) is 1.80. The van der Waals surface area contributed by atoms with E-state index in [0.717, 1.165) is 11.0 Å². The number of nitrogens with zero attached hydrogens (tertiary/aromatic N) is 1. The molecular weight excluding hydrogens is 290 g/mol. The molecule has 0 aliphatic carbocycles. The van der Waals surface area contributed by atoms with Crippen molar-refractivity contribution in [3.05, 3.63) is 24.0 Å². The summed E-state index contributed by atoms with van der Waals surface area (Å²) in [4.78, 5) is 12.9. The Morgan fingerprint density at radius 3 is 2.52 bits per heavy atom. The van der Waals surface area contributed by atoms with E-state index in [9.17, 15) is 22.4 Å². The quantitative estimate of drug-likeness (QED) is 0.649. The molecule has 1 rings (SSSR count). The van der Waals surface area contributed by atoms with Gasteiger partial charge in [-0.1, -0.05) is 6.92 Å². The molecule has 0 aliphatic rings. The fourth-order valence-corrected chi connectivity index (χ4v) is 1.79. The van der Waals surface area contributed by atoms with Crippen LogP contribution >= 0.6 is 0 Å². The van der Waals surface area contributed by atoms with Crippen molar-refractivity contribution in [2.24, 2.45) is 0 Å². The van der Waals surface area contributed by atoms with Crippen LogP contribution in [0.2, 0.25) is 0 Å². The average molecular weight is 307 g/mol. The summed E-state index contributed by atoms with van der Waals surface area (Å²) in [7, 11) is 0. The number of likely N-dealkylation sites (N-methyl/N-ethyl adjacent to an activating group) is 1. The number of alkyl halides is 3.